The van der Waals surface area contributed by atoms with Gasteiger partial charge in [-0.15, -0.1) is 11.3 Å². The average Bonchev–Trinajstić information content (AvgIpc) is 3.77. The molecule has 1 aromatic heterocycles. The molecule has 0 spiro atoms. The van der Waals surface area contributed by atoms with Gasteiger partial charge in [-0.25, -0.2) is 0 Å². The smallest absolute Gasteiger partial charge is 0.0440 e. The van der Waals surface area contributed by atoms with E-state index in [4.69, 9.17) is 0 Å². The van der Waals surface area contributed by atoms with E-state index < -0.39 is 0 Å². The Bertz CT molecular complexity index is 4220. The van der Waals surface area contributed by atoms with Gasteiger partial charge in [0, 0.05) is 25.6 Å². The maximum Gasteiger partial charge on any atom is 0.0440 e. The molecule has 0 saturated carbocycles. The van der Waals surface area contributed by atoms with Crippen LogP contribution >= 0.6 is 11.3 Å². The molecule has 1 heteroatoms. The molecule has 14 rings (SSSR count). The van der Waals surface area contributed by atoms with Gasteiger partial charge >= 0.3 is 0 Å². The zero-order valence-corrected chi connectivity index (χ0v) is 36.2. The van der Waals surface area contributed by atoms with E-state index in [1.165, 1.54) is 140 Å². The second-order valence-corrected chi connectivity index (χ2v) is 18.5. The predicted octanol–water partition coefficient (Wildman–Crippen LogP) is 18.8. The highest BCUT2D eigenvalue weighted by atomic mass is 32.1. The van der Waals surface area contributed by atoms with E-state index in [0.717, 1.165) is 0 Å². The highest BCUT2D eigenvalue weighted by Gasteiger charge is 2.19. The van der Waals surface area contributed by atoms with Gasteiger partial charge in [0.1, 0.15) is 0 Å². The van der Waals surface area contributed by atoms with Crippen LogP contribution in [-0.4, -0.2) is 0 Å². The van der Waals surface area contributed by atoms with Gasteiger partial charge in [0.15, 0.2) is 0 Å². The van der Waals surface area contributed by atoms with Gasteiger partial charge in [-0.1, -0.05) is 212 Å². The minimum atomic E-state index is 1.21. The van der Waals surface area contributed by atoms with E-state index >= 15 is 0 Å². The van der Waals surface area contributed by atoms with Crippen molar-refractivity contribution in [1.82, 2.24) is 0 Å². The van der Waals surface area contributed by atoms with Crippen molar-refractivity contribution >= 4 is 107 Å². The van der Waals surface area contributed by atoms with Crippen LogP contribution in [0.4, 0.5) is 0 Å². The molecule has 300 valence electrons. The van der Waals surface area contributed by atoms with Crippen molar-refractivity contribution in [3.63, 3.8) is 0 Å². The predicted molar refractivity (Wildman–Crippen MR) is 284 cm³/mol. The molecular weight excluding hydrogens is 801 g/mol. The molecule has 0 atom stereocenters. The van der Waals surface area contributed by atoms with Crippen LogP contribution in [0.1, 0.15) is 0 Å². The van der Waals surface area contributed by atoms with Crippen molar-refractivity contribution in [3.8, 4) is 44.5 Å². The van der Waals surface area contributed by atoms with Crippen molar-refractivity contribution in [3.05, 3.63) is 231 Å². The van der Waals surface area contributed by atoms with Gasteiger partial charge in [-0.3, -0.25) is 0 Å². The van der Waals surface area contributed by atoms with Crippen molar-refractivity contribution in [2.45, 2.75) is 0 Å². The Balaban J connectivity index is 0.918. The standard InChI is InChI=1S/C64H38S/c1-3-18-46-40(13-1)15-12-26-47(46)44-16-11-17-45(37-44)61-53-24-9-7-22-51(53)60(52-23-8-10-25-54(52)61)42-29-27-39(28-30-42)43-31-33-56-58(38-43)50-21-6-5-20-49(50)55-34-35-57-62-48-19-4-2-14-41(48)32-36-59(62)65-64(57)63(55)56/h1-38H. The minimum absolute atomic E-state index is 1.21. The first-order valence-electron chi connectivity index (χ1n) is 22.5. The summed E-state index contributed by atoms with van der Waals surface area (Å²) in [7, 11) is 0. The third kappa shape index (κ3) is 5.50. The Morgan fingerprint density at radius 2 is 0.723 bits per heavy atom. The van der Waals surface area contributed by atoms with Gasteiger partial charge in [0.2, 0.25) is 0 Å². The van der Waals surface area contributed by atoms with E-state index in [0.29, 0.717) is 0 Å². The number of hydrogen-bond acceptors (Lipinski definition) is 1. The largest absolute Gasteiger partial charge is 0.134 e. The third-order valence-electron chi connectivity index (χ3n) is 14.0. The number of benzene rings is 13. The fraction of sp³-hybridized carbons (Fsp3) is 0. The normalized spacial score (nSPS) is 12.0. The molecule has 0 amide bonds. The van der Waals surface area contributed by atoms with Crippen molar-refractivity contribution in [2.75, 3.05) is 0 Å². The quantitative estimate of drug-likeness (QED) is 0.122. The second-order valence-electron chi connectivity index (χ2n) is 17.5. The minimum Gasteiger partial charge on any atom is -0.134 e. The number of fused-ring (bicyclic) bond motifs is 15. The van der Waals surface area contributed by atoms with E-state index in [9.17, 15) is 0 Å². The summed E-state index contributed by atoms with van der Waals surface area (Å²) in [4.78, 5) is 0. The highest BCUT2D eigenvalue weighted by molar-refractivity contribution is 7.27. The fourth-order valence-electron chi connectivity index (χ4n) is 11.1. The van der Waals surface area contributed by atoms with Crippen LogP contribution in [0.3, 0.4) is 0 Å². The molecule has 0 unspecified atom stereocenters. The van der Waals surface area contributed by atoms with Gasteiger partial charge in [0.25, 0.3) is 0 Å². The van der Waals surface area contributed by atoms with Crippen LogP contribution in [0, 0.1) is 0 Å². The summed E-state index contributed by atoms with van der Waals surface area (Å²) in [6.45, 7) is 0. The van der Waals surface area contributed by atoms with Crippen molar-refractivity contribution < 1.29 is 0 Å². The Hall–Kier alpha value is -8.10. The first-order chi connectivity index (χ1) is 32.2. The molecule has 0 bridgehead atoms. The van der Waals surface area contributed by atoms with E-state index in [-0.39, 0.29) is 0 Å². The zero-order valence-electron chi connectivity index (χ0n) is 35.3. The first-order valence-corrected chi connectivity index (χ1v) is 23.3. The number of hydrogen-bond donors (Lipinski definition) is 0. The van der Waals surface area contributed by atoms with Crippen LogP contribution in [0.25, 0.3) is 140 Å². The lowest BCUT2D eigenvalue weighted by molar-refractivity contribution is 1.62. The zero-order chi connectivity index (χ0) is 42.6. The topological polar surface area (TPSA) is 0 Å². The molecule has 0 fully saturated rings. The van der Waals surface area contributed by atoms with Crippen LogP contribution in [0.2, 0.25) is 0 Å². The fourth-order valence-corrected chi connectivity index (χ4v) is 12.4. The Morgan fingerprint density at radius 3 is 1.45 bits per heavy atom. The highest BCUT2D eigenvalue weighted by Crippen LogP contribution is 2.48. The maximum absolute atomic E-state index is 2.43. The molecule has 0 N–H and O–H groups in total. The summed E-state index contributed by atoms with van der Waals surface area (Å²) in [5, 5.41) is 20.7. The van der Waals surface area contributed by atoms with Gasteiger partial charge < -0.3 is 0 Å². The molecular formula is C64H38S. The molecule has 65 heavy (non-hydrogen) atoms. The summed E-state index contributed by atoms with van der Waals surface area (Å²) >= 11 is 1.93. The lowest BCUT2D eigenvalue weighted by Crippen LogP contribution is -1.91. The van der Waals surface area contributed by atoms with Gasteiger partial charge in [-0.05, 0) is 133 Å². The Kier molecular flexibility index (Phi) is 7.95. The molecule has 14 aromatic rings. The van der Waals surface area contributed by atoms with Crippen LogP contribution in [0.5, 0.6) is 0 Å². The molecule has 0 nitrogen and oxygen atoms in total. The Morgan fingerprint density at radius 1 is 0.231 bits per heavy atom. The van der Waals surface area contributed by atoms with E-state index in [1.54, 1.807) is 0 Å². The molecule has 0 aliphatic heterocycles. The maximum atomic E-state index is 2.43. The second kappa shape index (κ2) is 14.2. The number of rotatable bonds is 4. The van der Waals surface area contributed by atoms with E-state index in [1.807, 2.05) is 11.3 Å². The lowest BCUT2D eigenvalue weighted by Gasteiger charge is -2.18. The molecule has 0 saturated heterocycles. The van der Waals surface area contributed by atoms with Crippen molar-refractivity contribution in [1.29, 1.82) is 0 Å². The summed E-state index contributed by atoms with van der Waals surface area (Å²) < 4.78 is 2.70. The third-order valence-corrected chi connectivity index (χ3v) is 15.2. The molecule has 13 aromatic carbocycles. The Labute approximate surface area is 379 Å². The SMILES string of the molecule is c1cc(-c2cccc3ccccc23)cc(-c2c3ccccc3c(-c3ccc(-c4ccc5c(c4)c4ccccc4c4ccc6c(sc7ccc8ccccc8c76)c45)cc3)c3ccccc23)c1. The molecule has 1 heterocycles. The first kappa shape index (κ1) is 36.4. The lowest BCUT2D eigenvalue weighted by atomic mass is 9.85. The molecule has 0 aliphatic carbocycles. The summed E-state index contributed by atoms with van der Waals surface area (Å²) in [6.07, 6.45) is 0. The van der Waals surface area contributed by atoms with Gasteiger partial charge in [0.05, 0.1) is 0 Å². The van der Waals surface area contributed by atoms with Crippen molar-refractivity contribution in [2.24, 2.45) is 0 Å². The van der Waals surface area contributed by atoms with Gasteiger partial charge in [-0.2, -0.15) is 0 Å². The van der Waals surface area contributed by atoms with Crippen LogP contribution < -0.4 is 0 Å². The summed E-state index contributed by atoms with van der Waals surface area (Å²) in [5.74, 6) is 0. The monoisotopic (exact) mass is 838 g/mol. The van der Waals surface area contributed by atoms with Crippen LogP contribution in [-0.2, 0) is 0 Å². The molecule has 0 radical (unpaired) electrons. The summed E-state index contributed by atoms with van der Waals surface area (Å²) in [6, 6.07) is 85.9. The van der Waals surface area contributed by atoms with E-state index in [2.05, 4.69) is 231 Å². The van der Waals surface area contributed by atoms with Crippen LogP contribution in [0.15, 0.2) is 231 Å². The number of thiophene rings is 1. The average molecular weight is 839 g/mol. The molecule has 0 aliphatic rings. The summed E-state index contributed by atoms with van der Waals surface area (Å²) in [5.41, 5.74) is 9.90.